The molecule has 4 rings (SSSR count). The molecule has 2 aromatic carbocycles. The van der Waals surface area contributed by atoms with Crippen LogP contribution in [0.2, 0.25) is 0 Å². The van der Waals surface area contributed by atoms with E-state index in [1.165, 1.54) is 30.3 Å². The summed E-state index contributed by atoms with van der Waals surface area (Å²) in [7, 11) is 1.53. The van der Waals surface area contributed by atoms with Crippen molar-refractivity contribution < 1.29 is 24.2 Å². The van der Waals surface area contributed by atoms with Gasteiger partial charge in [0.2, 0.25) is 11.7 Å². The molecule has 1 aliphatic rings. The number of nitrogens with one attached hydrogen (secondary N) is 1. The van der Waals surface area contributed by atoms with Crippen molar-refractivity contribution in [3.05, 3.63) is 87.8 Å². The summed E-state index contributed by atoms with van der Waals surface area (Å²) in [6.45, 7) is 1.39. The largest absolute Gasteiger partial charge is 0.503 e. The van der Waals surface area contributed by atoms with E-state index in [0.717, 1.165) is 0 Å². The van der Waals surface area contributed by atoms with E-state index in [4.69, 9.17) is 4.74 Å². The molecule has 7 nitrogen and oxygen atoms in total. The van der Waals surface area contributed by atoms with Gasteiger partial charge in [-0.15, -0.1) is 11.3 Å². The first-order valence-electron chi connectivity index (χ1n) is 9.77. The van der Waals surface area contributed by atoms with Crippen LogP contribution in [0.1, 0.15) is 28.2 Å². The van der Waals surface area contributed by atoms with Crippen LogP contribution in [0.15, 0.2) is 77.4 Å². The van der Waals surface area contributed by atoms with Crippen molar-refractivity contribution in [2.45, 2.75) is 13.0 Å². The summed E-state index contributed by atoms with van der Waals surface area (Å²) in [5.74, 6) is -1.41. The van der Waals surface area contributed by atoms with Crippen molar-refractivity contribution in [1.82, 2.24) is 0 Å². The minimum absolute atomic E-state index is 0.00404. The Balaban J connectivity index is 1.87. The average Bonchev–Trinajstić information content (AvgIpc) is 3.41. The van der Waals surface area contributed by atoms with Crippen molar-refractivity contribution in [3.8, 4) is 5.75 Å². The van der Waals surface area contributed by atoms with Crippen molar-refractivity contribution in [3.63, 3.8) is 0 Å². The molecule has 8 heteroatoms. The van der Waals surface area contributed by atoms with Crippen molar-refractivity contribution in [1.29, 1.82) is 0 Å². The van der Waals surface area contributed by atoms with E-state index in [1.54, 1.807) is 66.0 Å². The molecule has 1 unspecified atom stereocenters. The topological polar surface area (TPSA) is 95.9 Å². The maximum Gasteiger partial charge on any atom is 0.294 e. The van der Waals surface area contributed by atoms with Gasteiger partial charge in [0.25, 0.3) is 5.91 Å². The minimum atomic E-state index is -0.875. The van der Waals surface area contributed by atoms with Gasteiger partial charge in [-0.3, -0.25) is 19.3 Å². The fraction of sp³-hybridized carbons (Fsp3) is 0.125. The van der Waals surface area contributed by atoms with E-state index >= 15 is 0 Å². The number of carbonyl (C=O) groups is 3. The highest BCUT2D eigenvalue weighted by Gasteiger charge is 2.45. The lowest BCUT2D eigenvalue weighted by Crippen LogP contribution is -2.31. The third-order valence-electron chi connectivity index (χ3n) is 5.05. The van der Waals surface area contributed by atoms with E-state index < -0.39 is 23.5 Å². The molecule has 2 heterocycles. The molecule has 1 aliphatic heterocycles. The lowest BCUT2D eigenvalue weighted by atomic mass is 9.95. The number of hydrogen-bond acceptors (Lipinski definition) is 6. The van der Waals surface area contributed by atoms with E-state index in [9.17, 15) is 19.5 Å². The summed E-state index contributed by atoms with van der Waals surface area (Å²) >= 11 is 1.24. The van der Waals surface area contributed by atoms with Crippen molar-refractivity contribution >= 4 is 40.3 Å². The number of hydrogen-bond donors (Lipinski definition) is 2. The summed E-state index contributed by atoms with van der Waals surface area (Å²) in [5, 5.41) is 15.2. The first-order chi connectivity index (χ1) is 15.4. The Morgan fingerprint density at radius 1 is 1.09 bits per heavy atom. The van der Waals surface area contributed by atoms with Gasteiger partial charge in [-0.1, -0.05) is 24.3 Å². The molecule has 0 saturated heterocycles. The predicted octanol–water partition coefficient (Wildman–Crippen LogP) is 4.50. The molecular weight excluding hydrogens is 428 g/mol. The van der Waals surface area contributed by atoms with Gasteiger partial charge in [0.15, 0.2) is 5.76 Å². The second kappa shape index (κ2) is 8.68. The maximum absolute atomic E-state index is 13.3. The van der Waals surface area contributed by atoms with Crippen LogP contribution in [0.5, 0.6) is 5.75 Å². The highest BCUT2D eigenvalue weighted by atomic mass is 32.1. The number of anilines is 2. The van der Waals surface area contributed by atoms with E-state index in [0.29, 0.717) is 27.6 Å². The Bertz CT molecular complexity index is 1230. The Labute approximate surface area is 188 Å². The number of ether oxygens (including phenoxy) is 1. The number of amides is 2. The summed E-state index contributed by atoms with van der Waals surface area (Å²) in [5.41, 5.74) is 1.52. The Kier molecular flexibility index (Phi) is 5.79. The lowest BCUT2D eigenvalue weighted by molar-refractivity contribution is -0.117. The first kappa shape index (κ1) is 21.3. The predicted molar refractivity (Wildman–Crippen MR) is 122 cm³/mol. The molecule has 0 radical (unpaired) electrons. The maximum atomic E-state index is 13.3. The molecular formula is C24H20N2O5S. The molecule has 1 atom stereocenters. The molecule has 2 amide bonds. The first-order valence-corrected chi connectivity index (χ1v) is 10.6. The monoisotopic (exact) mass is 448 g/mol. The number of aliphatic hydroxyl groups excluding tert-OH is 1. The number of thiophene rings is 1. The zero-order chi connectivity index (χ0) is 22.8. The van der Waals surface area contributed by atoms with Crippen LogP contribution in [0.3, 0.4) is 0 Å². The average molecular weight is 449 g/mol. The van der Waals surface area contributed by atoms with Gasteiger partial charge in [0.05, 0.1) is 23.6 Å². The summed E-state index contributed by atoms with van der Waals surface area (Å²) < 4.78 is 5.33. The van der Waals surface area contributed by atoms with Gasteiger partial charge < -0.3 is 15.2 Å². The van der Waals surface area contributed by atoms with Crippen molar-refractivity contribution in [2.75, 3.05) is 17.3 Å². The molecule has 0 fully saturated rings. The zero-order valence-electron chi connectivity index (χ0n) is 17.4. The lowest BCUT2D eigenvalue weighted by Gasteiger charge is -2.27. The second-order valence-corrected chi connectivity index (χ2v) is 8.10. The van der Waals surface area contributed by atoms with Crippen LogP contribution in [-0.2, 0) is 9.59 Å². The third-order valence-corrected chi connectivity index (χ3v) is 5.92. The van der Waals surface area contributed by atoms with Gasteiger partial charge in [0.1, 0.15) is 5.75 Å². The highest BCUT2D eigenvalue weighted by molar-refractivity contribution is 7.12. The minimum Gasteiger partial charge on any atom is -0.503 e. The number of Topliss-reactive ketones (excluding diaryl/α,β-unsaturated/α-hetero) is 1. The number of nitrogens with zero attached hydrogens (tertiary/aromatic N) is 1. The number of methoxy groups -OCH3 is 1. The Morgan fingerprint density at radius 3 is 2.56 bits per heavy atom. The van der Waals surface area contributed by atoms with Crippen LogP contribution in [0.25, 0.3) is 0 Å². The second-order valence-electron chi connectivity index (χ2n) is 7.15. The van der Waals surface area contributed by atoms with Gasteiger partial charge in [0, 0.05) is 18.3 Å². The Morgan fingerprint density at radius 2 is 1.88 bits per heavy atom. The molecule has 1 aromatic heterocycles. The summed E-state index contributed by atoms with van der Waals surface area (Å²) in [6.07, 6.45) is 0. The quantitative estimate of drug-likeness (QED) is 0.542. The highest BCUT2D eigenvalue weighted by Crippen LogP contribution is 2.43. The summed E-state index contributed by atoms with van der Waals surface area (Å²) in [6, 6.07) is 16.2. The van der Waals surface area contributed by atoms with Crippen LogP contribution >= 0.6 is 11.3 Å². The van der Waals surface area contributed by atoms with E-state index in [2.05, 4.69) is 5.32 Å². The fourth-order valence-electron chi connectivity index (χ4n) is 3.71. The number of aliphatic hydroxyl groups is 1. The van der Waals surface area contributed by atoms with Gasteiger partial charge in [-0.25, -0.2) is 0 Å². The number of benzene rings is 2. The van der Waals surface area contributed by atoms with E-state index in [-0.39, 0.29) is 11.5 Å². The molecule has 0 bridgehead atoms. The van der Waals surface area contributed by atoms with Gasteiger partial charge >= 0.3 is 0 Å². The van der Waals surface area contributed by atoms with Crippen LogP contribution in [-0.4, -0.2) is 29.8 Å². The van der Waals surface area contributed by atoms with E-state index in [1.807, 2.05) is 0 Å². The summed E-state index contributed by atoms with van der Waals surface area (Å²) in [4.78, 5) is 39.8. The smallest absolute Gasteiger partial charge is 0.294 e. The standard InChI is InChI=1S/C24H20N2O5S/c1-14(27)25-16-7-4-8-17(13-16)26-21(15-6-3-9-18(12-15)31-2)20(23(29)24(26)30)22(28)19-10-5-11-32-19/h3-13,21,29H,1-2H3,(H,25,27). The number of rotatable bonds is 6. The fourth-order valence-corrected chi connectivity index (χ4v) is 4.39. The van der Waals surface area contributed by atoms with Crippen LogP contribution in [0.4, 0.5) is 11.4 Å². The SMILES string of the molecule is COc1cccc(C2C(C(=O)c3cccs3)=C(O)C(=O)N2c2cccc(NC(C)=O)c2)c1. The molecule has 3 aromatic rings. The molecule has 0 spiro atoms. The molecule has 2 N–H and O–H groups in total. The number of ketones is 1. The normalized spacial score (nSPS) is 15.8. The van der Waals surface area contributed by atoms with Gasteiger partial charge in [-0.2, -0.15) is 0 Å². The Hall–Kier alpha value is -3.91. The number of carbonyl (C=O) groups excluding carboxylic acids is 3. The van der Waals surface area contributed by atoms with Crippen LogP contribution in [0, 0.1) is 0 Å². The molecule has 0 aliphatic carbocycles. The molecule has 162 valence electrons. The van der Waals surface area contributed by atoms with Crippen molar-refractivity contribution in [2.24, 2.45) is 0 Å². The third kappa shape index (κ3) is 3.88. The van der Waals surface area contributed by atoms with Crippen LogP contribution < -0.4 is 15.0 Å². The molecule has 0 saturated carbocycles. The molecule has 32 heavy (non-hydrogen) atoms. The van der Waals surface area contributed by atoms with Gasteiger partial charge in [-0.05, 0) is 47.3 Å². The zero-order valence-corrected chi connectivity index (χ0v) is 18.2.